The molecule has 2 nitrogen and oxygen atoms in total. The fourth-order valence-corrected chi connectivity index (χ4v) is 2.89. The number of hydrogen-bond acceptors (Lipinski definition) is 2. The van der Waals surface area contributed by atoms with Gasteiger partial charge in [-0.2, -0.15) is 0 Å². The average molecular weight is 254 g/mol. The fraction of sp³-hybridized carbons (Fsp3) is 0.938. The van der Waals surface area contributed by atoms with E-state index in [2.05, 4.69) is 6.92 Å². The van der Waals surface area contributed by atoms with Crippen LogP contribution >= 0.6 is 0 Å². The monoisotopic (exact) mass is 254 g/mol. The third-order valence-electron chi connectivity index (χ3n) is 4.21. The number of ketones is 1. The SMILES string of the molecule is CCCCCCCCC(=O)C1(O)CCCCCC1. The molecule has 1 N–H and O–H groups in total. The molecule has 0 aromatic rings. The van der Waals surface area contributed by atoms with Crippen molar-refractivity contribution in [3.05, 3.63) is 0 Å². The van der Waals surface area contributed by atoms with Crippen molar-refractivity contribution in [3.63, 3.8) is 0 Å². The molecule has 0 radical (unpaired) electrons. The maximum absolute atomic E-state index is 12.1. The maximum atomic E-state index is 12.1. The molecule has 1 fully saturated rings. The van der Waals surface area contributed by atoms with Crippen LogP contribution in [0.2, 0.25) is 0 Å². The summed E-state index contributed by atoms with van der Waals surface area (Å²) in [6, 6.07) is 0. The number of hydrogen-bond donors (Lipinski definition) is 1. The van der Waals surface area contributed by atoms with Crippen LogP contribution in [-0.2, 0) is 4.79 Å². The average Bonchev–Trinajstić information content (AvgIpc) is 2.59. The van der Waals surface area contributed by atoms with Gasteiger partial charge >= 0.3 is 0 Å². The van der Waals surface area contributed by atoms with Crippen LogP contribution < -0.4 is 0 Å². The highest BCUT2D eigenvalue weighted by molar-refractivity contribution is 5.86. The van der Waals surface area contributed by atoms with Gasteiger partial charge in [0.05, 0.1) is 0 Å². The van der Waals surface area contributed by atoms with E-state index in [1.54, 1.807) is 0 Å². The second-order valence-corrected chi connectivity index (χ2v) is 5.89. The van der Waals surface area contributed by atoms with Gasteiger partial charge in [-0.05, 0) is 19.3 Å². The summed E-state index contributed by atoms with van der Waals surface area (Å²) < 4.78 is 0. The number of unbranched alkanes of at least 4 members (excludes halogenated alkanes) is 5. The Bertz CT molecular complexity index is 227. The number of Topliss-reactive ketones (excluding diaryl/α,β-unsaturated/α-hetero) is 1. The van der Waals surface area contributed by atoms with E-state index in [1.807, 2.05) is 0 Å². The van der Waals surface area contributed by atoms with Crippen LogP contribution in [0.4, 0.5) is 0 Å². The highest BCUT2D eigenvalue weighted by Gasteiger charge is 2.34. The Labute approximate surface area is 112 Å². The molecule has 0 unspecified atom stereocenters. The van der Waals surface area contributed by atoms with Crippen molar-refractivity contribution < 1.29 is 9.90 Å². The lowest BCUT2D eigenvalue weighted by Gasteiger charge is -2.24. The van der Waals surface area contributed by atoms with E-state index in [-0.39, 0.29) is 5.78 Å². The molecule has 2 heteroatoms. The molecule has 0 heterocycles. The first kappa shape index (κ1) is 15.7. The van der Waals surface area contributed by atoms with Gasteiger partial charge in [-0.1, -0.05) is 64.7 Å². The van der Waals surface area contributed by atoms with E-state index in [0.29, 0.717) is 19.3 Å². The van der Waals surface area contributed by atoms with Gasteiger partial charge in [-0.15, -0.1) is 0 Å². The lowest BCUT2D eigenvalue weighted by molar-refractivity contribution is -0.138. The molecule has 0 aromatic carbocycles. The predicted molar refractivity (Wildman–Crippen MR) is 75.7 cm³/mol. The van der Waals surface area contributed by atoms with Crippen LogP contribution in [0, 0.1) is 0 Å². The van der Waals surface area contributed by atoms with Crippen molar-refractivity contribution in [2.45, 2.75) is 96.0 Å². The Balaban J connectivity index is 2.18. The van der Waals surface area contributed by atoms with Crippen LogP contribution in [0.25, 0.3) is 0 Å². The van der Waals surface area contributed by atoms with Gasteiger partial charge in [0, 0.05) is 6.42 Å². The van der Waals surface area contributed by atoms with Gasteiger partial charge in [0.1, 0.15) is 5.60 Å². The van der Waals surface area contributed by atoms with E-state index < -0.39 is 5.60 Å². The Morgan fingerprint density at radius 3 is 2.11 bits per heavy atom. The van der Waals surface area contributed by atoms with E-state index in [1.165, 1.54) is 38.5 Å². The molecular weight excluding hydrogens is 224 g/mol. The number of aliphatic hydroxyl groups is 1. The van der Waals surface area contributed by atoms with E-state index in [9.17, 15) is 9.90 Å². The van der Waals surface area contributed by atoms with Crippen molar-refractivity contribution in [2.75, 3.05) is 0 Å². The lowest BCUT2D eigenvalue weighted by Crippen LogP contribution is -2.37. The first-order chi connectivity index (χ1) is 8.69. The van der Waals surface area contributed by atoms with Crippen molar-refractivity contribution in [3.8, 4) is 0 Å². The number of carbonyl (C=O) groups excluding carboxylic acids is 1. The molecule has 0 atom stereocenters. The van der Waals surface area contributed by atoms with E-state index in [0.717, 1.165) is 25.7 Å². The minimum atomic E-state index is -0.972. The Morgan fingerprint density at radius 2 is 1.50 bits per heavy atom. The molecule has 1 aliphatic rings. The highest BCUT2D eigenvalue weighted by Crippen LogP contribution is 2.29. The molecule has 0 saturated heterocycles. The maximum Gasteiger partial charge on any atom is 0.164 e. The van der Waals surface area contributed by atoms with Crippen molar-refractivity contribution >= 4 is 5.78 Å². The molecule has 106 valence electrons. The zero-order valence-electron chi connectivity index (χ0n) is 12.0. The highest BCUT2D eigenvalue weighted by atomic mass is 16.3. The Hall–Kier alpha value is -0.370. The minimum absolute atomic E-state index is 0.111. The van der Waals surface area contributed by atoms with Crippen LogP contribution in [0.3, 0.4) is 0 Å². The molecule has 0 spiro atoms. The summed E-state index contributed by atoms with van der Waals surface area (Å²) in [5.74, 6) is 0.111. The number of rotatable bonds is 8. The quantitative estimate of drug-likeness (QED) is 0.515. The lowest BCUT2D eigenvalue weighted by atomic mass is 9.87. The third kappa shape index (κ3) is 5.51. The molecule has 1 rings (SSSR count). The Morgan fingerprint density at radius 1 is 0.944 bits per heavy atom. The van der Waals surface area contributed by atoms with Gasteiger partial charge in [0.2, 0.25) is 0 Å². The van der Waals surface area contributed by atoms with Crippen LogP contribution in [0.5, 0.6) is 0 Å². The first-order valence-electron chi connectivity index (χ1n) is 7.95. The summed E-state index contributed by atoms with van der Waals surface area (Å²) in [7, 11) is 0. The summed E-state index contributed by atoms with van der Waals surface area (Å²) in [6.45, 7) is 2.21. The predicted octanol–water partition coefficient (Wildman–Crippen LogP) is 4.39. The van der Waals surface area contributed by atoms with Crippen LogP contribution in [0.1, 0.15) is 90.4 Å². The summed E-state index contributed by atoms with van der Waals surface area (Å²) in [4.78, 5) is 12.1. The van der Waals surface area contributed by atoms with Gasteiger partial charge in [0.15, 0.2) is 5.78 Å². The second kappa shape index (κ2) is 8.68. The zero-order valence-corrected chi connectivity index (χ0v) is 12.0. The molecule has 1 saturated carbocycles. The first-order valence-corrected chi connectivity index (χ1v) is 7.95. The third-order valence-corrected chi connectivity index (χ3v) is 4.21. The van der Waals surface area contributed by atoms with Gasteiger partial charge in [-0.3, -0.25) is 4.79 Å². The second-order valence-electron chi connectivity index (χ2n) is 5.89. The van der Waals surface area contributed by atoms with Gasteiger partial charge in [-0.25, -0.2) is 0 Å². The van der Waals surface area contributed by atoms with Crippen molar-refractivity contribution in [1.29, 1.82) is 0 Å². The van der Waals surface area contributed by atoms with E-state index in [4.69, 9.17) is 0 Å². The molecular formula is C16H30O2. The molecule has 1 aliphatic carbocycles. The zero-order chi connectivity index (χ0) is 13.3. The molecule has 18 heavy (non-hydrogen) atoms. The summed E-state index contributed by atoms with van der Waals surface area (Å²) >= 11 is 0. The summed E-state index contributed by atoms with van der Waals surface area (Å²) in [5.41, 5.74) is -0.972. The molecule has 0 bridgehead atoms. The molecule has 0 amide bonds. The van der Waals surface area contributed by atoms with Crippen LogP contribution in [0.15, 0.2) is 0 Å². The standard InChI is InChI=1S/C16H30O2/c1-2-3-4-5-6-9-12-15(17)16(18)13-10-7-8-11-14-16/h18H,2-14H2,1H3. The van der Waals surface area contributed by atoms with E-state index >= 15 is 0 Å². The van der Waals surface area contributed by atoms with Gasteiger partial charge in [0.25, 0.3) is 0 Å². The molecule has 0 aliphatic heterocycles. The Kier molecular flexibility index (Phi) is 7.57. The fourth-order valence-electron chi connectivity index (χ4n) is 2.89. The van der Waals surface area contributed by atoms with Crippen molar-refractivity contribution in [2.24, 2.45) is 0 Å². The minimum Gasteiger partial charge on any atom is -0.382 e. The number of carbonyl (C=O) groups is 1. The van der Waals surface area contributed by atoms with Crippen molar-refractivity contribution in [1.82, 2.24) is 0 Å². The summed E-state index contributed by atoms with van der Waals surface area (Å²) in [6.07, 6.45) is 13.5. The smallest absolute Gasteiger partial charge is 0.164 e. The van der Waals surface area contributed by atoms with Crippen LogP contribution in [-0.4, -0.2) is 16.5 Å². The summed E-state index contributed by atoms with van der Waals surface area (Å²) in [5, 5.41) is 10.4. The normalized spacial score (nSPS) is 19.4. The largest absolute Gasteiger partial charge is 0.382 e. The topological polar surface area (TPSA) is 37.3 Å². The van der Waals surface area contributed by atoms with Gasteiger partial charge < -0.3 is 5.11 Å². The molecule has 0 aromatic heterocycles.